The number of carbonyl (C=O) groups is 1. The minimum Gasteiger partial charge on any atom is -0.343 e. The molecule has 1 heterocycles. The predicted molar refractivity (Wildman–Crippen MR) is 70.6 cm³/mol. The second-order valence-electron chi connectivity index (χ2n) is 3.15. The highest BCUT2D eigenvalue weighted by atomic mass is 79.9. The summed E-state index contributed by atoms with van der Waals surface area (Å²) in [5.41, 5.74) is 0. The van der Waals surface area contributed by atoms with Crippen LogP contribution in [0.15, 0.2) is 27.8 Å². The molecule has 0 N–H and O–H groups in total. The zero-order valence-electron chi connectivity index (χ0n) is 9.44. The lowest BCUT2D eigenvalue weighted by Gasteiger charge is -2.18. The van der Waals surface area contributed by atoms with Crippen molar-refractivity contribution < 1.29 is 4.79 Å². The van der Waals surface area contributed by atoms with Crippen molar-refractivity contribution >= 4 is 33.6 Å². The van der Waals surface area contributed by atoms with Gasteiger partial charge in [0.25, 0.3) is 0 Å². The molecule has 1 rings (SSSR count). The van der Waals surface area contributed by atoms with E-state index in [2.05, 4.69) is 20.9 Å². The molecule has 0 fully saturated rings. The minimum absolute atomic E-state index is 0.160. The van der Waals surface area contributed by atoms with Crippen LogP contribution in [0.4, 0.5) is 0 Å². The number of thioether (sulfide) groups is 1. The minimum atomic E-state index is 0.160. The van der Waals surface area contributed by atoms with Crippen LogP contribution in [0.5, 0.6) is 0 Å². The van der Waals surface area contributed by atoms with Gasteiger partial charge in [-0.15, -0.1) is 0 Å². The summed E-state index contributed by atoms with van der Waals surface area (Å²) in [5, 5.41) is 0.864. The molecule has 0 aliphatic heterocycles. The molecule has 3 nitrogen and oxygen atoms in total. The molecular weight excluding hydrogens is 288 g/mol. The van der Waals surface area contributed by atoms with E-state index in [1.807, 2.05) is 30.9 Å². The summed E-state index contributed by atoms with van der Waals surface area (Å²) < 4.78 is 0.937. The average molecular weight is 303 g/mol. The highest BCUT2D eigenvalue weighted by Crippen LogP contribution is 2.24. The third-order valence-electron chi connectivity index (χ3n) is 2.17. The van der Waals surface area contributed by atoms with E-state index in [1.54, 1.807) is 6.20 Å². The van der Waals surface area contributed by atoms with Crippen LogP contribution in [-0.2, 0) is 4.79 Å². The van der Waals surface area contributed by atoms with Gasteiger partial charge in [-0.2, -0.15) is 0 Å². The van der Waals surface area contributed by atoms with Crippen molar-refractivity contribution in [1.82, 2.24) is 9.88 Å². The second-order valence-corrected chi connectivity index (χ2v) is 4.96. The molecule has 0 aliphatic carbocycles. The van der Waals surface area contributed by atoms with Crippen molar-refractivity contribution in [2.45, 2.75) is 18.9 Å². The van der Waals surface area contributed by atoms with Gasteiger partial charge in [-0.05, 0) is 41.9 Å². The Labute approximate surface area is 109 Å². The molecular formula is C11H15BrN2OS. The van der Waals surface area contributed by atoms with Crippen LogP contribution in [0.1, 0.15) is 13.8 Å². The van der Waals surface area contributed by atoms with E-state index in [0.717, 1.165) is 22.6 Å². The quantitative estimate of drug-likeness (QED) is 0.784. The molecule has 5 heteroatoms. The molecule has 0 spiro atoms. The molecule has 0 aromatic carbocycles. The molecule has 0 saturated heterocycles. The molecule has 0 atom stereocenters. The van der Waals surface area contributed by atoms with Gasteiger partial charge < -0.3 is 4.90 Å². The van der Waals surface area contributed by atoms with Gasteiger partial charge in [0, 0.05) is 23.8 Å². The molecule has 0 unspecified atom stereocenters. The maximum absolute atomic E-state index is 11.8. The Morgan fingerprint density at radius 3 is 2.75 bits per heavy atom. The summed E-state index contributed by atoms with van der Waals surface area (Å²) in [6, 6.07) is 3.79. The monoisotopic (exact) mass is 302 g/mol. The van der Waals surface area contributed by atoms with Crippen LogP contribution in [0.3, 0.4) is 0 Å². The molecule has 1 amide bonds. The standard InChI is InChI=1S/C11H15BrN2OS/c1-3-14(4-2)10(15)8-16-11-9(12)6-5-7-13-11/h5-7H,3-4,8H2,1-2H3. The maximum Gasteiger partial charge on any atom is 0.232 e. The highest BCUT2D eigenvalue weighted by Gasteiger charge is 2.11. The number of aromatic nitrogens is 1. The normalized spacial score (nSPS) is 10.2. The zero-order chi connectivity index (χ0) is 12.0. The van der Waals surface area contributed by atoms with E-state index in [0.29, 0.717) is 5.75 Å². The molecule has 88 valence electrons. The second kappa shape index (κ2) is 6.91. The van der Waals surface area contributed by atoms with Crippen LogP contribution >= 0.6 is 27.7 Å². The fourth-order valence-electron chi connectivity index (χ4n) is 1.28. The SMILES string of the molecule is CCN(CC)C(=O)CSc1ncccc1Br. The lowest BCUT2D eigenvalue weighted by Crippen LogP contribution is -2.31. The number of hydrogen-bond acceptors (Lipinski definition) is 3. The van der Waals surface area contributed by atoms with Gasteiger partial charge in [0.2, 0.25) is 5.91 Å². The summed E-state index contributed by atoms with van der Waals surface area (Å²) in [5.74, 6) is 0.602. The third-order valence-corrected chi connectivity index (χ3v) is 4.07. The van der Waals surface area contributed by atoms with Gasteiger partial charge >= 0.3 is 0 Å². The molecule has 0 aliphatic rings. The summed E-state index contributed by atoms with van der Waals surface area (Å²) in [7, 11) is 0. The van der Waals surface area contributed by atoms with Crippen molar-refractivity contribution in [2.75, 3.05) is 18.8 Å². The van der Waals surface area contributed by atoms with E-state index < -0.39 is 0 Å². The number of carbonyl (C=O) groups excluding carboxylic acids is 1. The maximum atomic E-state index is 11.8. The third kappa shape index (κ3) is 3.79. The highest BCUT2D eigenvalue weighted by molar-refractivity contribution is 9.10. The van der Waals surface area contributed by atoms with Crippen LogP contribution in [0.2, 0.25) is 0 Å². The lowest BCUT2D eigenvalue weighted by atomic mass is 10.5. The Hall–Kier alpha value is -0.550. The van der Waals surface area contributed by atoms with Gasteiger partial charge in [-0.3, -0.25) is 4.79 Å². The number of hydrogen-bond donors (Lipinski definition) is 0. The van der Waals surface area contributed by atoms with Gasteiger partial charge in [0.15, 0.2) is 0 Å². The summed E-state index contributed by atoms with van der Waals surface area (Å²) in [4.78, 5) is 17.8. The van der Waals surface area contributed by atoms with Crippen molar-refractivity contribution in [1.29, 1.82) is 0 Å². The van der Waals surface area contributed by atoms with E-state index >= 15 is 0 Å². The Morgan fingerprint density at radius 1 is 1.50 bits per heavy atom. The lowest BCUT2D eigenvalue weighted by molar-refractivity contribution is -0.127. The summed E-state index contributed by atoms with van der Waals surface area (Å²) in [6.07, 6.45) is 1.73. The Kier molecular flexibility index (Phi) is 5.84. The summed E-state index contributed by atoms with van der Waals surface area (Å²) >= 11 is 4.87. The van der Waals surface area contributed by atoms with E-state index in [4.69, 9.17) is 0 Å². The fraction of sp³-hybridized carbons (Fsp3) is 0.455. The van der Waals surface area contributed by atoms with Crippen molar-refractivity contribution in [2.24, 2.45) is 0 Å². The molecule has 0 bridgehead atoms. The first-order valence-electron chi connectivity index (χ1n) is 5.20. The van der Waals surface area contributed by atoms with Crippen LogP contribution in [0, 0.1) is 0 Å². The molecule has 16 heavy (non-hydrogen) atoms. The first-order chi connectivity index (χ1) is 7.69. The van der Waals surface area contributed by atoms with Crippen LogP contribution in [-0.4, -0.2) is 34.6 Å². The van der Waals surface area contributed by atoms with E-state index in [9.17, 15) is 4.79 Å². The van der Waals surface area contributed by atoms with Gasteiger partial charge in [-0.1, -0.05) is 11.8 Å². The van der Waals surface area contributed by atoms with Crippen molar-refractivity contribution in [3.8, 4) is 0 Å². The van der Waals surface area contributed by atoms with Crippen molar-refractivity contribution in [3.63, 3.8) is 0 Å². The number of nitrogens with zero attached hydrogens (tertiary/aromatic N) is 2. The van der Waals surface area contributed by atoms with Crippen molar-refractivity contribution in [3.05, 3.63) is 22.8 Å². The van der Waals surface area contributed by atoms with Gasteiger partial charge in [0.1, 0.15) is 5.03 Å². The zero-order valence-corrected chi connectivity index (χ0v) is 11.8. The van der Waals surface area contributed by atoms with Crippen LogP contribution < -0.4 is 0 Å². The van der Waals surface area contributed by atoms with E-state index in [1.165, 1.54) is 11.8 Å². The average Bonchev–Trinajstić information content (AvgIpc) is 2.29. The Balaban J connectivity index is 2.52. The number of halogens is 1. The topological polar surface area (TPSA) is 33.2 Å². The predicted octanol–water partition coefficient (Wildman–Crippen LogP) is 2.80. The van der Waals surface area contributed by atoms with Crippen LogP contribution in [0.25, 0.3) is 0 Å². The van der Waals surface area contributed by atoms with Gasteiger partial charge in [-0.25, -0.2) is 4.98 Å². The first-order valence-corrected chi connectivity index (χ1v) is 6.98. The largest absolute Gasteiger partial charge is 0.343 e. The molecule has 0 saturated carbocycles. The smallest absolute Gasteiger partial charge is 0.232 e. The number of rotatable bonds is 5. The molecule has 1 aromatic rings. The Bertz CT molecular complexity index is 356. The first kappa shape index (κ1) is 13.5. The molecule has 1 aromatic heterocycles. The number of pyridine rings is 1. The Morgan fingerprint density at radius 2 is 2.19 bits per heavy atom. The fourth-order valence-corrected chi connectivity index (χ4v) is 2.66. The number of amides is 1. The van der Waals surface area contributed by atoms with E-state index in [-0.39, 0.29) is 5.91 Å². The molecule has 0 radical (unpaired) electrons. The summed E-state index contributed by atoms with van der Waals surface area (Å²) in [6.45, 7) is 5.50. The van der Waals surface area contributed by atoms with Gasteiger partial charge in [0.05, 0.1) is 5.75 Å².